The molecule has 1 saturated heterocycles. The summed E-state index contributed by atoms with van der Waals surface area (Å²) in [6, 6.07) is 0. The monoisotopic (exact) mass is 326 g/mol. The Bertz CT molecular complexity index is 479. The topological polar surface area (TPSA) is 61.8 Å². The van der Waals surface area contributed by atoms with E-state index in [1.165, 1.54) is 0 Å². The van der Waals surface area contributed by atoms with Gasteiger partial charge in [0, 0.05) is 0 Å². The molecular weight excluding hydrogens is 296 g/mol. The van der Waals surface area contributed by atoms with Gasteiger partial charge in [0.05, 0.1) is 16.7 Å². The molecule has 1 fully saturated rings. The van der Waals surface area contributed by atoms with Crippen molar-refractivity contribution in [3.8, 4) is 0 Å². The number of ether oxygens (including phenoxy) is 3. The molecule has 0 radical (unpaired) electrons. The highest BCUT2D eigenvalue weighted by molar-refractivity contribution is 5.76. The van der Waals surface area contributed by atoms with Gasteiger partial charge < -0.3 is 14.2 Å². The fourth-order valence-corrected chi connectivity index (χ4v) is 1.97. The molecule has 0 spiro atoms. The highest BCUT2D eigenvalue weighted by Crippen LogP contribution is 2.35. The van der Waals surface area contributed by atoms with Crippen molar-refractivity contribution in [3.05, 3.63) is 11.8 Å². The third-order valence-electron chi connectivity index (χ3n) is 3.56. The summed E-state index contributed by atoms with van der Waals surface area (Å²) in [5.41, 5.74) is -1.28. The van der Waals surface area contributed by atoms with Gasteiger partial charge in [0.15, 0.2) is 6.10 Å². The van der Waals surface area contributed by atoms with Gasteiger partial charge in [-0.25, -0.2) is 0 Å². The van der Waals surface area contributed by atoms with E-state index >= 15 is 0 Å². The van der Waals surface area contributed by atoms with E-state index < -0.39 is 23.2 Å². The molecule has 0 aromatic rings. The smallest absolute Gasteiger partial charge is 0.314 e. The molecule has 0 aromatic carbocycles. The van der Waals surface area contributed by atoms with Crippen LogP contribution in [0.15, 0.2) is 11.8 Å². The number of allylic oxidation sites excluding steroid dienone is 1. The lowest BCUT2D eigenvalue weighted by molar-refractivity contribution is -0.199. The average molecular weight is 326 g/mol. The molecule has 1 heterocycles. The van der Waals surface area contributed by atoms with E-state index in [1.54, 1.807) is 41.5 Å². The summed E-state index contributed by atoms with van der Waals surface area (Å²) in [4.78, 5) is 24.4. The summed E-state index contributed by atoms with van der Waals surface area (Å²) < 4.78 is 16.8. The first-order valence-electron chi connectivity index (χ1n) is 8.16. The largest absolute Gasteiger partial charge is 0.455 e. The maximum atomic E-state index is 12.2. The Morgan fingerprint density at radius 1 is 1.04 bits per heavy atom. The molecule has 0 aliphatic carbocycles. The molecular formula is C18H30O5. The van der Waals surface area contributed by atoms with Crippen molar-refractivity contribution in [1.29, 1.82) is 0 Å². The molecule has 5 nitrogen and oxygen atoms in total. The first-order chi connectivity index (χ1) is 10.4. The fourth-order valence-electron chi connectivity index (χ4n) is 1.97. The van der Waals surface area contributed by atoms with Crippen LogP contribution in [0.25, 0.3) is 0 Å². The maximum absolute atomic E-state index is 12.2. The van der Waals surface area contributed by atoms with Gasteiger partial charge in [-0.1, -0.05) is 13.8 Å². The van der Waals surface area contributed by atoms with Gasteiger partial charge in [-0.3, -0.25) is 9.59 Å². The molecule has 0 aromatic heterocycles. The molecule has 1 aliphatic rings. The lowest BCUT2D eigenvalue weighted by Crippen LogP contribution is -2.39. The molecule has 0 saturated carbocycles. The standard InChI is InChI=1S/C18H30O5/c1-9-10-12-11(2)13(22-15(19)17(3,4)5)14(21-12)23-16(20)18(6,7)8/h10-11,13-14H,9H2,1-8H3/b12-10+/t11-,13+,14-/m0/s1. The van der Waals surface area contributed by atoms with Gasteiger partial charge >= 0.3 is 11.9 Å². The fraction of sp³-hybridized carbons (Fsp3) is 0.778. The molecule has 0 N–H and O–H groups in total. The summed E-state index contributed by atoms with van der Waals surface area (Å²) in [6.07, 6.45) is 1.18. The van der Waals surface area contributed by atoms with Crippen molar-refractivity contribution in [2.45, 2.75) is 74.2 Å². The van der Waals surface area contributed by atoms with E-state index in [0.29, 0.717) is 5.76 Å². The summed E-state index contributed by atoms with van der Waals surface area (Å²) in [5, 5.41) is 0. The summed E-state index contributed by atoms with van der Waals surface area (Å²) in [6.45, 7) is 14.6. The number of hydrogen-bond donors (Lipinski definition) is 0. The summed E-state index contributed by atoms with van der Waals surface area (Å²) >= 11 is 0. The average Bonchev–Trinajstić information content (AvgIpc) is 2.66. The second-order valence-electron chi connectivity index (χ2n) is 8.06. The molecule has 3 atom stereocenters. The Balaban J connectivity index is 2.98. The maximum Gasteiger partial charge on any atom is 0.314 e. The van der Waals surface area contributed by atoms with Crippen LogP contribution in [0.5, 0.6) is 0 Å². The van der Waals surface area contributed by atoms with Crippen LogP contribution >= 0.6 is 0 Å². The highest BCUT2D eigenvalue weighted by atomic mass is 16.7. The second kappa shape index (κ2) is 6.93. The molecule has 0 unspecified atom stereocenters. The molecule has 0 amide bonds. The van der Waals surface area contributed by atoms with Gasteiger partial charge in [-0.15, -0.1) is 0 Å². The van der Waals surface area contributed by atoms with Crippen LogP contribution < -0.4 is 0 Å². The van der Waals surface area contributed by atoms with E-state index in [4.69, 9.17) is 14.2 Å². The zero-order chi connectivity index (χ0) is 18.0. The molecule has 132 valence electrons. The quantitative estimate of drug-likeness (QED) is 0.738. The van der Waals surface area contributed by atoms with E-state index in [2.05, 4.69) is 0 Å². The van der Waals surface area contributed by atoms with Crippen molar-refractivity contribution in [2.75, 3.05) is 0 Å². The lowest BCUT2D eigenvalue weighted by Gasteiger charge is -2.26. The van der Waals surface area contributed by atoms with Crippen LogP contribution in [0.1, 0.15) is 61.8 Å². The van der Waals surface area contributed by atoms with Crippen LogP contribution in [-0.4, -0.2) is 24.3 Å². The van der Waals surface area contributed by atoms with Crippen molar-refractivity contribution >= 4 is 11.9 Å². The Labute approximate surface area is 139 Å². The van der Waals surface area contributed by atoms with E-state index in [9.17, 15) is 9.59 Å². The van der Waals surface area contributed by atoms with Gasteiger partial charge in [-0.05, 0) is 54.0 Å². The zero-order valence-electron chi connectivity index (χ0n) is 15.6. The molecule has 5 heteroatoms. The first kappa shape index (κ1) is 19.5. The molecule has 0 bridgehead atoms. The van der Waals surface area contributed by atoms with Gasteiger partial charge in [0.25, 0.3) is 6.29 Å². The predicted octanol–water partition coefficient (Wildman–Crippen LogP) is 3.82. The lowest BCUT2D eigenvalue weighted by atomic mass is 9.96. The minimum Gasteiger partial charge on any atom is -0.455 e. The zero-order valence-corrected chi connectivity index (χ0v) is 15.6. The van der Waals surface area contributed by atoms with Crippen LogP contribution in [0, 0.1) is 16.7 Å². The Kier molecular flexibility index (Phi) is 5.89. The summed E-state index contributed by atoms with van der Waals surface area (Å²) in [5.74, 6) is -0.179. The van der Waals surface area contributed by atoms with E-state index in [0.717, 1.165) is 6.42 Å². The minimum atomic E-state index is -0.902. The summed E-state index contributed by atoms with van der Waals surface area (Å²) in [7, 11) is 0. The molecule has 23 heavy (non-hydrogen) atoms. The van der Waals surface area contributed by atoms with Gasteiger partial charge in [0.2, 0.25) is 0 Å². The molecule has 1 rings (SSSR count). The number of carbonyl (C=O) groups excluding carboxylic acids is 2. The van der Waals surface area contributed by atoms with Gasteiger partial charge in [-0.2, -0.15) is 0 Å². The van der Waals surface area contributed by atoms with Crippen molar-refractivity contribution in [2.24, 2.45) is 16.7 Å². The molecule has 1 aliphatic heterocycles. The Morgan fingerprint density at radius 2 is 1.52 bits per heavy atom. The van der Waals surface area contributed by atoms with Crippen LogP contribution in [-0.2, 0) is 23.8 Å². The number of rotatable bonds is 3. The SMILES string of the molecule is CC/C=C1/O[C@@H](OC(=O)C(C)(C)C)[C@H](OC(=O)C(C)(C)C)[C@H]1C. The van der Waals surface area contributed by atoms with Crippen LogP contribution in [0.3, 0.4) is 0 Å². The van der Waals surface area contributed by atoms with E-state index in [1.807, 2.05) is 19.9 Å². The van der Waals surface area contributed by atoms with Crippen LogP contribution in [0.2, 0.25) is 0 Å². The minimum absolute atomic E-state index is 0.154. The number of carbonyl (C=O) groups is 2. The Morgan fingerprint density at radius 3 is 1.96 bits per heavy atom. The normalized spacial score (nSPS) is 26.8. The predicted molar refractivity (Wildman–Crippen MR) is 87.3 cm³/mol. The van der Waals surface area contributed by atoms with Crippen LogP contribution in [0.4, 0.5) is 0 Å². The van der Waals surface area contributed by atoms with E-state index in [-0.39, 0.29) is 17.9 Å². The Hall–Kier alpha value is -1.52. The second-order valence-corrected chi connectivity index (χ2v) is 8.06. The number of hydrogen-bond acceptors (Lipinski definition) is 5. The van der Waals surface area contributed by atoms with Gasteiger partial charge in [0.1, 0.15) is 5.76 Å². The third-order valence-corrected chi connectivity index (χ3v) is 3.56. The number of esters is 2. The third kappa shape index (κ3) is 4.98. The first-order valence-corrected chi connectivity index (χ1v) is 8.16. The van der Waals surface area contributed by atoms with Crippen molar-refractivity contribution < 1.29 is 23.8 Å². The highest BCUT2D eigenvalue weighted by Gasteiger charge is 2.46. The van der Waals surface area contributed by atoms with Crippen molar-refractivity contribution in [3.63, 3.8) is 0 Å². The van der Waals surface area contributed by atoms with Crippen molar-refractivity contribution in [1.82, 2.24) is 0 Å².